The molecule has 0 N–H and O–H groups in total. The monoisotopic (exact) mass is 295 g/mol. The average molecular weight is 295 g/mol. The van der Waals surface area contributed by atoms with E-state index in [1.807, 2.05) is 6.20 Å². The quantitative estimate of drug-likeness (QED) is 0.867. The van der Waals surface area contributed by atoms with E-state index in [9.17, 15) is 0 Å². The van der Waals surface area contributed by atoms with Crippen molar-refractivity contribution >= 4 is 0 Å². The van der Waals surface area contributed by atoms with Crippen molar-refractivity contribution in [3.05, 3.63) is 53.2 Å². The van der Waals surface area contributed by atoms with Gasteiger partial charge in [-0.2, -0.15) is 0 Å². The van der Waals surface area contributed by atoms with Crippen molar-refractivity contribution in [3.63, 3.8) is 0 Å². The number of hydrogen-bond acceptors (Lipinski definition) is 3. The lowest BCUT2D eigenvalue weighted by Crippen LogP contribution is -2.43. The number of aryl methyl sites for hydroxylation is 1. The fourth-order valence-corrected chi connectivity index (χ4v) is 2.97. The van der Waals surface area contributed by atoms with Gasteiger partial charge in [-0.15, -0.1) is 0 Å². The summed E-state index contributed by atoms with van der Waals surface area (Å²) in [4.78, 5) is 9.59. The third-order valence-corrected chi connectivity index (χ3v) is 4.71. The molecule has 1 aromatic carbocycles. The van der Waals surface area contributed by atoms with Crippen molar-refractivity contribution in [2.45, 2.75) is 20.4 Å². The first-order chi connectivity index (χ1) is 10.6. The van der Waals surface area contributed by atoms with Crippen LogP contribution in [-0.4, -0.2) is 48.0 Å². The van der Waals surface area contributed by atoms with E-state index in [0.717, 1.165) is 38.4 Å². The number of pyridine rings is 1. The Bertz CT molecular complexity index is 626. The molecule has 0 saturated carbocycles. The van der Waals surface area contributed by atoms with Crippen LogP contribution in [0.15, 0.2) is 36.5 Å². The minimum Gasteiger partial charge on any atom is -0.304 e. The van der Waals surface area contributed by atoms with Gasteiger partial charge in [-0.1, -0.05) is 24.3 Å². The first-order valence-corrected chi connectivity index (χ1v) is 8.06. The van der Waals surface area contributed by atoms with Gasteiger partial charge in [0.15, 0.2) is 0 Å². The second-order valence-corrected chi connectivity index (χ2v) is 6.38. The zero-order chi connectivity index (χ0) is 15.5. The van der Waals surface area contributed by atoms with E-state index >= 15 is 0 Å². The van der Waals surface area contributed by atoms with Gasteiger partial charge < -0.3 is 4.90 Å². The fraction of sp³-hybridized carbons (Fsp3) is 0.421. The Morgan fingerprint density at radius 1 is 1.00 bits per heavy atom. The van der Waals surface area contributed by atoms with Crippen LogP contribution in [0.4, 0.5) is 0 Å². The van der Waals surface area contributed by atoms with Crippen molar-refractivity contribution in [2.75, 3.05) is 33.2 Å². The van der Waals surface area contributed by atoms with Crippen LogP contribution in [0.3, 0.4) is 0 Å². The molecular weight excluding hydrogens is 270 g/mol. The molecule has 3 heteroatoms. The first kappa shape index (κ1) is 15.2. The molecule has 3 nitrogen and oxygen atoms in total. The van der Waals surface area contributed by atoms with E-state index in [-0.39, 0.29) is 0 Å². The Morgan fingerprint density at radius 2 is 1.77 bits per heavy atom. The zero-order valence-electron chi connectivity index (χ0n) is 13.8. The lowest BCUT2D eigenvalue weighted by Gasteiger charge is -2.32. The van der Waals surface area contributed by atoms with Gasteiger partial charge >= 0.3 is 0 Å². The summed E-state index contributed by atoms with van der Waals surface area (Å²) in [5, 5.41) is 0. The third-order valence-electron chi connectivity index (χ3n) is 4.71. The average Bonchev–Trinajstić information content (AvgIpc) is 2.53. The minimum atomic E-state index is 1.01. The van der Waals surface area contributed by atoms with Crippen LogP contribution in [0.1, 0.15) is 16.7 Å². The van der Waals surface area contributed by atoms with Crippen molar-refractivity contribution in [1.82, 2.24) is 14.8 Å². The Morgan fingerprint density at radius 3 is 2.45 bits per heavy atom. The Hall–Kier alpha value is -1.71. The molecule has 0 aliphatic carbocycles. The summed E-state index contributed by atoms with van der Waals surface area (Å²) in [5.74, 6) is 0. The highest BCUT2D eigenvalue weighted by atomic mass is 15.2. The highest BCUT2D eigenvalue weighted by Crippen LogP contribution is 2.24. The van der Waals surface area contributed by atoms with Gasteiger partial charge in [0.05, 0.1) is 5.69 Å². The third kappa shape index (κ3) is 3.37. The Labute approximate surface area is 133 Å². The van der Waals surface area contributed by atoms with Gasteiger partial charge in [0.1, 0.15) is 0 Å². The van der Waals surface area contributed by atoms with Crippen molar-refractivity contribution < 1.29 is 0 Å². The van der Waals surface area contributed by atoms with Gasteiger partial charge in [0, 0.05) is 44.5 Å². The summed E-state index contributed by atoms with van der Waals surface area (Å²) < 4.78 is 0. The molecule has 1 aliphatic heterocycles. The van der Waals surface area contributed by atoms with Gasteiger partial charge in [-0.25, -0.2) is 0 Å². The molecule has 0 atom stereocenters. The zero-order valence-corrected chi connectivity index (χ0v) is 13.8. The van der Waals surface area contributed by atoms with Gasteiger partial charge in [-0.05, 0) is 43.7 Å². The van der Waals surface area contributed by atoms with Crippen LogP contribution in [0.25, 0.3) is 11.3 Å². The summed E-state index contributed by atoms with van der Waals surface area (Å²) in [6, 6.07) is 10.8. The maximum Gasteiger partial charge on any atom is 0.0704 e. The number of hydrogen-bond donors (Lipinski definition) is 0. The molecule has 2 aromatic rings. The molecule has 22 heavy (non-hydrogen) atoms. The van der Waals surface area contributed by atoms with Crippen molar-refractivity contribution in [3.8, 4) is 11.3 Å². The summed E-state index contributed by atoms with van der Waals surface area (Å²) >= 11 is 0. The van der Waals surface area contributed by atoms with Crippen molar-refractivity contribution in [2.24, 2.45) is 0 Å². The summed E-state index contributed by atoms with van der Waals surface area (Å²) in [5.41, 5.74) is 6.26. The Balaban J connectivity index is 1.71. The molecular formula is C19H25N3. The van der Waals surface area contributed by atoms with Gasteiger partial charge in [-0.3, -0.25) is 9.88 Å². The van der Waals surface area contributed by atoms with Gasteiger partial charge in [0.25, 0.3) is 0 Å². The topological polar surface area (TPSA) is 19.4 Å². The van der Waals surface area contributed by atoms with E-state index < -0.39 is 0 Å². The molecule has 0 spiro atoms. The molecule has 1 aliphatic rings. The van der Waals surface area contributed by atoms with Crippen LogP contribution < -0.4 is 0 Å². The molecule has 1 fully saturated rings. The van der Waals surface area contributed by atoms with Gasteiger partial charge in [0.2, 0.25) is 0 Å². The predicted octanol–water partition coefficient (Wildman–Crippen LogP) is 3.11. The van der Waals surface area contributed by atoms with Crippen LogP contribution in [0.2, 0.25) is 0 Å². The normalized spacial score (nSPS) is 16.9. The van der Waals surface area contributed by atoms with E-state index in [1.165, 1.54) is 22.3 Å². The minimum absolute atomic E-state index is 1.01. The number of rotatable bonds is 3. The van der Waals surface area contributed by atoms with Crippen LogP contribution >= 0.6 is 0 Å². The molecule has 0 radical (unpaired) electrons. The lowest BCUT2D eigenvalue weighted by atomic mass is 10.0. The standard InChI is InChI=1S/C19H25N3/c1-15-5-4-6-18(16(15)2)19-8-7-17(13-20-19)14-22-11-9-21(3)10-12-22/h4-8,13H,9-12,14H2,1-3H3. The number of nitrogens with zero attached hydrogens (tertiary/aromatic N) is 3. The van der Waals surface area contributed by atoms with Crippen molar-refractivity contribution in [1.29, 1.82) is 0 Å². The van der Waals surface area contributed by atoms with Crippen LogP contribution in [0.5, 0.6) is 0 Å². The first-order valence-electron chi connectivity index (χ1n) is 8.06. The smallest absolute Gasteiger partial charge is 0.0704 e. The highest BCUT2D eigenvalue weighted by molar-refractivity contribution is 5.64. The number of aromatic nitrogens is 1. The molecule has 0 unspecified atom stereocenters. The lowest BCUT2D eigenvalue weighted by molar-refractivity contribution is 0.148. The van der Waals surface area contributed by atoms with E-state index in [1.54, 1.807) is 0 Å². The molecule has 116 valence electrons. The second-order valence-electron chi connectivity index (χ2n) is 6.38. The molecule has 3 rings (SSSR count). The SMILES string of the molecule is Cc1cccc(-c2ccc(CN3CCN(C)CC3)cn2)c1C. The number of piperazine rings is 1. The molecule has 0 amide bonds. The molecule has 1 saturated heterocycles. The molecule has 2 heterocycles. The maximum atomic E-state index is 4.69. The summed E-state index contributed by atoms with van der Waals surface area (Å²) in [6.45, 7) is 9.95. The van der Waals surface area contributed by atoms with E-state index in [0.29, 0.717) is 0 Å². The maximum absolute atomic E-state index is 4.69. The van der Waals surface area contributed by atoms with Crippen LogP contribution in [0, 0.1) is 13.8 Å². The largest absolute Gasteiger partial charge is 0.304 e. The number of likely N-dealkylation sites (N-methyl/N-ethyl adjacent to an activating group) is 1. The summed E-state index contributed by atoms with van der Waals surface area (Å²) in [6.07, 6.45) is 2.04. The fourth-order valence-electron chi connectivity index (χ4n) is 2.97. The van der Waals surface area contributed by atoms with Crippen LogP contribution in [-0.2, 0) is 6.54 Å². The molecule has 1 aromatic heterocycles. The van der Waals surface area contributed by atoms with E-state index in [4.69, 9.17) is 4.98 Å². The summed E-state index contributed by atoms with van der Waals surface area (Å²) in [7, 11) is 2.19. The predicted molar refractivity (Wildman–Crippen MR) is 91.9 cm³/mol. The van der Waals surface area contributed by atoms with E-state index in [2.05, 4.69) is 61.0 Å². The Kier molecular flexibility index (Phi) is 4.55. The number of benzene rings is 1. The molecule has 0 bridgehead atoms. The second kappa shape index (κ2) is 6.59. The highest BCUT2D eigenvalue weighted by Gasteiger charge is 2.14.